The second-order valence-electron chi connectivity index (χ2n) is 6.46. The van der Waals surface area contributed by atoms with Gasteiger partial charge in [-0.15, -0.1) is 0 Å². The van der Waals surface area contributed by atoms with E-state index in [0.717, 1.165) is 12.8 Å². The van der Waals surface area contributed by atoms with Crippen LogP contribution in [0.2, 0.25) is 0 Å². The van der Waals surface area contributed by atoms with Crippen LogP contribution < -0.4 is 16.2 Å². The van der Waals surface area contributed by atoms with Crippen molar-refractivity contribution < 1.29 is 4.79 Å². The molecule has 0 aliphatic heterocycles. The SMILES string of the molecule is CC(=O)Nc1c(-c2ccncc2)nc(NCCCc2ccccc2)n(C)c1=O. The number of hydrogen-bond acceptors (Lipinski definition) is 5. The van der Waals surface area contributed by atoms with Gasteiger partial charge in [-0.25, -0.2) is 4.98 Å². The summed E-state index contributed by atoms with van der Waals surface area (Å²) in [5.74, 6) is 0.136. The highest BCUT2D eigenvalue weighted by atomic mass is 16.2. The van der Waals surface area contributed by atoms with Crippen LogP contribution in [0.4, 0.5) is 11.6 Å². The molecule has 3 aromatic rings. The number of carbonyl (C=O) groups is 1. The Bertz CT molecular complexity index is 1000. The summed E-state index contributed by atoms with van der Waals surface area (Å²) in [5.41, 5.74) is 2.25. The van der Waals surface area contributed by atoms with Gasteiger partial charge < -0.3 is 10.6 Å². The predicted molar refractivity (Wildman–Crippen MR) is 110 cm³/mol. The smallest absolute Gasteiger partial charge is 0.279 e. The number of amides is 1. The number of hydrogen-bond donors (Lipinski definition) is 2. The zero-order valence-corrected chi connectivity index (χ0v) is 16.0. The third-order valence-electron chi connectivity index (χ3n) is 4.31. The van der Waals surface area contributed by atoms with Gasteiger partial charge in [0.15, 0.2) is 0 Å². The van der Waals surface area contributed by atoms with Crippen molar-refractivity contribution in [1.82, 2.24) is 14.5 Å². The Balaban J connectivity index is 1.84. The van der Waals surface area contributed by atoms with Gasteiger partial charge in [-0.1, -0.05) is 30.3 Å². The van der Waals surface area contributed by atoms with E-state index in [1.807, 2.05) is 18.2 Å². The molecule has 2 N–H and O–H groups in total. The molecule has 0 aliphatic rings. The molecular formula is C21H23N5O2. The lowest BCUT2D eigenvalue weighted by Gasteiger charge is -2.15. The van der Waals surface area contributed by atoms with E-state index in [2.05, 4.69) is 32.7 Å². The number of anilines is 2. The van der Waals surface area contributed by atoms with Crippen molar-refractivity contribution in [3.63, 3.8) is 0 Å². The highest BCUT2D eigenvalue weighted by Crippen LogP contribution is 2.24. The quantitative estimate of drug-likeness (QED) is 0.618. The summed E-state index contributed by atoms with van der Waals surface area (Å²) in [6, 6.07) is 13.7. The van der Waals surface area contributed by atoms with Crippen LogP contribution in [-0.4, -0.2) is 27.0 Å². The number of aromatic nitrogens is 3. The van der Waals surface area contributed by atoms with Gasteiger partial charge in [0, 0.05) is 38.5 Å². The number of nitrogens with one attached hydrogen (secondary N) is 2. The third-order valence-corrected chi connectivity index (χ3v) is 4.31. The second-order valence-corrected chi connectivity index (χ2v) is 6.46. The van der Waals surface area contributed by atoms with E-state index in [0.29, 0.717) is 23.8 Å². The summed E-state index contributed by atoms with van der Waals surface area (Å²) >= 11 is 0. The summed E-state index contributed by atoms with van der Waals surface area (Å²) in [6.45, 7) is 2.04. The molecule has 0 radical (unpaired) electrons. The molecule has 28 heavy (non-hydrogen) atoms. The predicted octanol–water partition coefficient (Wildman–Crippen LogP) is 2.85. The molecule has 2 aromatic heterocycles. The van der Waals surface area contributed by atoms with E-state index in [1.54, 1.807) is 31.6 Å². The summed E-state index contributed by atoms with van der Waals surface area (Å²) in [5, 5.41) is 5.85. The molecule has 0 unspecified atom stereocenters. The second kappa shape index (κ2) is 8.94. The van der Waals surface area contributed by atoms with E-state index >= 15 is 0 Å². The maximum Gasteiger partial charge on any atom is 0.279 e. The average Bonchev–Trinajstić information content (AvgIpc) is 2.71. The highest BCUT2D eigenvalue weighted by Gasteiger charge is 2.17. The topological polar surface area (TPSA) is 88.9 Å². The fourth-order valence-electron chi connectivity index (χ4n) is 2.90. The van der Waals surface area contributed by atoms with Crippen molar-refractivity contribution in [2.75, 3.05) is 17.2 Å². The average molecular weight is 377 g/mol. The molecule has 2 heterocycles. The van der Waals surface area contributed by atoms with Crippen LogP contribution in [0.25, 0.3) is 11.3 Å². The largest absolute Gasteiger partial charge is 0.356 e. The van der Waals surface area contributed by atoms with Gasteiger partial charge in [0.25, 0.3) is 5.56 Å². The highest BCUT2D eigenvalue weighted by molar-refractivity contribution is 5.92. The molecule has 0 aliphatic carbocycles. The van der Waals surface area contributed by atoms with E-state index in [1.165, 1.54) is 17.1 Å². The molecular weight excluding hydrogens is 354 g/mol. The van der Waals surface area contributed by atoms with Crippen molar-refractivity contribution in [3.8, 4) is 11.3 Å². The molecule has 144 valence electrons. The number of benzene rings is 1. The summed E-state index contributed by atoms with van der Waals surface area (Å²) < 4.78 is 1.42. The Morgan fingerprint density at radius 3 is 2.50 bits per heavy atom. The Kier molecular flexibility index (Phi) is 6.16. The minimum atomic E-state index is -0.322. The molecule has 0 spiro atoms. The van der Waals surface area contributed by atoms with Crippen LogP contribution in [0.5, 0.6) is 0 Å². The van der Waals surface area contributed by atoms with Crippen LogP contribution in [0.3, 0.4) is 0 Å². The Morgan fingerprint density at radius 2 is 1.82 bits per heavy atom. The lowest BCUT2D eigenvalue weighted by atomic mass is 10.1. The van der Waals surface area contributed by atoms with Crippen molar-refractivity contribution in [2.45, 2.75) is 19.8 Å². The van der Waals surface area contributed by atoms with Crippen LogP contribution >= 0.6 is 0 Å². The fraction of sp³-hybridized carbons (Fsp3) is 0.238. The van der Waals surface area contributed by atoms with E-state index < -0.39 is 0 Å². The summed E-state index contributed by atoms with van der Waals surface area (Å²) in [6.07, 6.45) is 5.08. The van der Waals surface area contributed by atoms with E-state index in [-0.39, 0.29) is 17.2 Å². The number of pyridine rings is 1. The number of rotatable bonds is 7. The van der Waals surface area contributed by atoms with Gasteiger partial charge in [0.2, 0.25) is 11.9 Å². The molecule has 1 amide bonds. The molecule has 3 rings (SSSR count). The van der Waals surface area contributed by atoms with Crippen LogP contribution in [0.15, 0.2) is 59.7 Å². The minimum absolute atomic E-state index is 0.163. The van der Waals surface area contributed by atoms with Gasteiger partial charge in [-0.05, 0) is 30.5 Å². The molecule has 1 aromatic carbocycles. The normalized spacial score (nSPS) is 10.5. The summed E-state index contributed by atoms with van der Waals surface area (Å²) in [4.78, 5) is 33.0. The Labute approximate surface area is 163 Å². The van der Waals surface area contributed by atoms with E-state index in [9.17, 15) is 9.59 Å². The zero-order valence-electron chi connectivity index (χ0n) is 16.0. The number of nitrogens with zero attached hydrogens (tertiary/aromatic N) is 3. The zero-order chi connectivity index (χ0) is 19.9. The Morgan fingerprint density at radius 1 is 1.11 bits per heavy atom. The van der Waals surface area contributed by atoms with Gasteiger partial charge in [0.1, 0.15) is 11.4 Å². The van der Waals surface area contributed by atoms with Crippen LogP contribution in [0.1, 0.15) is 18.9 Å². The first-order valence-corrected chi connectivity index (χ1v) is 9.13. The lowest BCUT2D eigenvalue weighted by molar-refractivity contribution is -0.114. The van der Waals surface area contributed by atoms with Crippen LogP contribution in [-0.2, 0) is 18.3 Å². The maximum atomic E-state index is 12.8. The van der Waals surface area contributed by atoms with Crippen molar-refractivity contribution in [2.24, 2.45) is 7.05 Å². The van der Waals surface area contributed by atoms with Gasteiger partial charge in [0.05, 0.1) is 0 Å². The molecule has 0 saturated heterocycles. The first-order valence-electron chi connectivity index (χ1n) is 9.13. The standard InChI is InChI=1S/C21H23N5O2/c1-15(27)24-19-18(17-10-13-22-14-11-17)25-21(26(2)20(19)28)23-12-6-9-16-7-4-3-5-8-16/h3-5,7-8,10-11,13-14H,6,9,12H2,1-2H3,(H,23,25)(H,24,27). The van der Waals surface area contributed by atoms with Gasteiger partial charge >= 0.3 is 0 Å². The van der Waals surface area contributed by atoms with Gasteiger partial charge in [-0.2, -0.15) is 0 Å². The van der Waals surface area contributed by atoms with Crippen LogP contribution in [0, 0.1) is 0 Å². The lowest BCUT2D eigenvalue weighted by Crippen LogP contribution is -2.28. The molecule has 0 atom stereocenters. The molecule has 0 fully saturated rings. The van der Waals surface area contributed by atoms with E-state index in [4.69, 9.17) is 0 Å². The monoisotopic (exact) mass is 377 g/mol. The fourth-order valence-corrected chi connectivity index (χ4v) is 2.90. The third kappa shape index (κ3) is 4.62. The minimum Gasteiger partial charge on any atom is -0.356 e. The molecule has 0 saturated carbocycles. The number of aryl methyl sites for hydroxylation is 1. The first-order chi connectivity index (χ1) is 13.6. The maximum absolute atomic E-state index is 12.8. The van der Waals surface area contributed by atoms with Crippen molar-refractivity contribution >= 4 is 17.5 Å². The van der Waals surface area contributed by atoms with Gasteiger partial charge in [-0.3, -0.25) is 19.1 Å². The Hall–Kier alpha value is -3.48. The summed E-state index contributed by atoms with van der Waals surface area (Å²) in [7, 11) is 1.64. The van der Waals surface area contributed by atoms with Crippen molar-refractivity contribution in [3.05, 3.63) is 70.8 Å². The molecule has 0 bridgehead atoms. The van der Waals surface area contributed by atoms with Crippen molar-refractivity contribution in [1.29, 1.82) is 0 Å². The number of carbonyl (C=O) groups excluding carboxylic acids is 1. The molecule has 7 heteroatoms. The first kappa shape index (κ1) is 19.3. The molecule has 7 nitrogen and oxygen atoms in total.